The van der Waals surface area contributed by atoms with Crippen LogP contribution >= 0.6 is 23.6 Å². The van der Waals surface area contributed by atoms with Gasteiger partial charge in [0.15, 0.2) is 5.75 Å². The van der Waals surface area contributed by atoms with Gasteiger partial charge in [0, 0.05) is 17.3 Å². The summed E-state index contributed by atoms with van der Waals surface area (Å²) in [5, 5.41) is 9.22. The Labute approximate surface area is 80.3 Å². The molecule has 0 unspecified atom stereocenters. The maximum atomic E-state index is 8.65. The molecule has 0 bridgehead atoms. The van der Waals surface area contributed by atoms with Crippen molar-refractivity contribution in [3.63, 3.8) is 0 Å². The Kier molecular flexibility index (Phi) is 3.27. The maximum Gasteiger partial charge on any atom is 0.156 e. The van der Waals surface area contributed by atoms with Crippen LogP contribution in [0.5, 0.6) is 5.75 Å². The SMILES string of the molecule is CSOc1cc(Cl)ccc1C#N. The standard InChI is InChI=1S/C8H6ClNOS/c1-12-11-8-4-7(9)3-2-6(8)5-10/h2-4H,1H3. The molecule has 0 atom stereocenters. The molecule has 0 radical (unpaired) electrons. The first-order valence-corrected chi connectivity index (χ1v) is 4.71. The molecule has 4 heteroatoms. The minimum Gasteiger partial charge on any atom is -0.425 e. The van der Waals surface area contributed by atoms with Gasteiger partial charge >= 0.3 is 0 Å². The normalized spacial score (nSPS) is 9.08. The molecule has 12 heavy (non-hydrogen) atoms. The predicted octanol–water partition coefficient (Wildman–Crippen LogP) is 2.87. The monoisotopic (exact) mass is 199 g/mol. The number of halogens is 1. The number of benzene rings is 1. The molecule has 0 aliphatic heterocycles. The number of hydrogen-bond donors (Lipinski definition) is 0. The molecular weight excluding hydrogens is 194 g/mol. The van der Waals surface area contributed by atoms with Crippen LogP contribution in [0.2, 0.25) is 5.02 Å². The quantitative estimate of drug-likeness (QED) is 0.687. The topological polar surface area (TPSA) is 33.0 Å². The predicted molar refractivity (Wildman–Crippen MR) is 50.3 cm³/mol. The molecule has 0 aliphatic carbocycles. The fourth-order valence-electron chi connectivity index (χ4n) is 0.747. The summed E-state index contributed by atoms with van der Waals surface area (Å²) in [4.78, 5) is 0. The molecule has 1 rings (SSSR count). The van der Waals surface area contributed by atoms with Crippen molar-refractivity contribution in [3.05, 3.63) is 28.8 Å². The average molecular weight is 200 g/mol. The van der Waals surface area contributed by atoms with Gasteiger partial charge in [-0.15, -0.1) is 0 Å². The molecule has 0 aromatic heterocycles. The highest BCUT2D eigenvalue weighted by Gasteiger charge is 2.02. The van der Waals surface area contributed by atoms with E-state index in [-0.39, 0.29) is 0 Å². The van der Waals surface area contributed by atoms with E-state index in [1.807, 2.05) is 6.07 Å². The maximum absolute atomic E-state index is 8.65. The Bertz CT molecular complexity index is 321. The van der Waals surface area contributed by atoms with Gasteiger partial charge in [0.05, 0.1) is 17.6 Å². The van der Waals surface area contributed by atoms with Crippen LogP contribution in [0.3, 0.4) is 0 Å². The molecule has 0 spiro atoms. The lowest BCUT2D eigenvalue weighted by molar-refractivity contribution is 0.647. The highest BCUT2D eigenvalue weighted by Crippen LogP contribution is 2.24. The van der Waals surface area contributed by atoms with Crippen LogP contribution < -0.4 is 4.18 Å². The third-order valence-corrected chi connectivity index (χ3v) is 1.82. The molecule has 1 aromatic carbocycles. The van der Waals surface area contributed by atoms with E-state index < -0.39 is 0 Å². The Morgan fingerprint density at radius 1 is 1.58 bits per heavy atom. The average Bonchev–Trinajstić information content (AvgIpc) is 2.05. The van der Waals surface area contributed by atoms with E-state index >= 15 is 0 Å². The summed E-state index contributed by atoms with van der Waals surface area (Å²) >= 11 is 6.89. The van der Waals surface area contributed by atoms with E-state index in [1.54, 1.807) is 24.5 Å². The Balaban J connectivity index is 3.06. The highest BCUT2D eigenvalue weighted by atomic mass is 35.5. The minimum atomic E-state index is 0.494. The first kappa shape index (κ1) is 9.24. The molecule has 0 saturated heterocycles. The van der Waals surface area contributed by atoms with E-state index in [0.29, 0.717) is 16.3 Å². The van der Waals surface area contributed by atoms with E-state index in [4.69, 9.17) is 21.0 Å². The lowest BCUT2D eigenvalue weighted by Crippen LogP contribution is -1.84. The fourth-order valence-corrected chi connectivity index (χ4v) is 1.23. The van der Waals surface area contributed by atoms with Gasteiger partial charge in [0.25, 0.3) is 0 Å². The lowest BCUT2D eigenvalue weighted by Gasteiger charge is -2.02. The van der Waals surface area contributed by atoms with Crippen molar-refractivity contribution in [2.45, 2.75) is 0 Å². The zero-order valence-corrected chi connectivity index (χ0v) is 7.95. The third-order valence-electron chi connectivity index (χ3n) is 1.24. The van der Waals surface area contributed by atoms with Crippen molar-refractivity contribution in [1.29, 1.82) is 5.26 Å². The Hall–Kier alpha value is -0.850. The van der Waals surface area contributed by atoms with Crippen molar-refractivity contribution in [3.8, 4) is 11.8 Å². The number of nitriles is 1. The van der Waals surface area contributed by atoms with Gasteiger partial charge in [-0.2, -0.15) is 5.26 Å². The zero-order valence-electron chi connectivity index (χ0n) is 6.37. The van der Waals surface area contributed by atoms with E-state index in [2.05, 4.69) is 0 Å². The minimum absolute atomic E-state index is 0.494. The van der Waals surface area contributed by atoms with Gasteiger partial charge in [0.1, 0.15) is 6.07 Å². The summed E-state index contributed by atoms with van der Waals surface area (Å²) in [7, 11) is 0. The molecule has 0 fully saturated rings. The van der Waals surface area contributed by atoms with Crippen molar-refractivity contribution in [1.82, 2.24) is 0 Å². The molecule has 1 aromatic rings. The van der Waals surface area contributed by atoms with Gasteiger partial charge in [-0.1, -0.05) is 11.6 Å². The highest BCUT2D eigenvalue weighted by molar-refractivity contribution is 7.94. The third kappa shape index (κ3) is 2.07. The molecule has 2 nitrogen and oxygen atoms in total. The van der Waals surface area contributed by atoms with Crippen molar-refractivity contribution in [2.75, 3.05) is 6.26 Å². The van der Waals surface area contributed by atoms with Crippen LogP contribution in [0.25, 0.3) is 0 Å². The second-order valence-corrected chi connectivity index (χ2v) is 2.94. The number of nitrogens with zero attached hydrogens (tertiary/aromatic N) is 1. The Morgan fingerprint density at radius 3 is 2.92 bits per heavy atom. The van der Waals surface area contributed by atoms with Crippen molar-refractivity contribution >= 4 is 23.6 Å². The van der Waals surface area contributed by atoms with E-state index in [9.17, 15) is 0 Å². The molecule has 0 N–H and O–H groups in total. The summed E-state index contributed by atoms with van der Waals surface area (Å²) in [5.74, 6) is 0.512. The van der Waals surface area contributed by atoms with Gasteiger partial charge in [-0.25, -0.2) is 0 Å². The summed E-state index contributed by atoms with van der Waals surface area (Å²) in [6.45, 7) is 0. The van der Waals surface area contributed by atoms with Crippen LogP contribution in [-0.4, -0.2) is 6.26 Å². The second-order valence-electron chi connectivity index (χ2n) is 2.00. The summed E-state index contributed by atoms with van der Waals surface area (Å²) < 4.78 is 5.12. The van der Waals surface area contributed by atoms with Crippen LogP contribution in [0.1, 0.15) is 5.56 Å². The Morgan fingerprint density at radius 2 is 2.33 bits per heavy atom. The van der Waals surface area contributed by atoms with E-state index in [0.717, 1.165) is 0 Å². The van der Waals surface area contributed by atoms with Gasteiger partial charge in [-0.3, -0.25) is 0 Å². The first-order chi connectivity index (χ1) is 5.77. The molecule has 0 heterocycles. The van der Waals surface area contributed by atoms with Crippen LogP contribution in [0.4, 0.5) is 0 Å². The second kappa shape index (κ2) is 4.24. The molecule has 0 aliphatic rings. The zero-order chi connectivity index (χ0) is 8.97. The first-order valence-electron chi connectivity index (χ1n) is 3.18. The largest absolute Gasteiger partial charge is 0.425 e. The molecular formula is C8H6ClNOS. The number of hydrogen-bond acceptors (Lipinski definition) is 3. The van der Waals surface area contributed by atoms with Crippen molar-refractivity contribution in [2.24, 2.45) is 0 Å². The van der Waals surface area contributed by atoms with Gasteiger partial charge < -0.3 is 4.18 Å². The van der Waals surface area contributed by atoms with Crippen LogP contribution in [-0.2, 0) is 0 Å². The van der Waals surface area contributed by atoms with Gasteiger partial charge in [0.2, 0.25) is 0 Å². The van der Waals surface area contributed by atoms with Crippen LogP contribution in [0, 0.1) is 11.3 Å². The summed E-state index contributed by atoms with van der Waals surface area (Å²) in [6.07, 6.45) is 1.78. The fraction of sp³-hybridized carbons (Fsp3) is 0.125. The summed E-state index contributed by atoms with van der Waals surface area (Å²) in [5.41, 5.74) is 0.494. The van der Waals surface area contributed by atoms with E-state index in [1.165, 1.54) is 12.0 Å². The molecule has 0 saturated carbocycles. The smallest absolute Gasteiger partial charge is 0.156 e. The molecule has 62 valence electrons. The lowest BCUT2D eigenvalue weighted by atomic mass is 10.2. The van der Waals surface area contributed by atoms with Crippen molar-refractivity contribution < 1.29 is 4.18 Å². The number of rotatable bonds is 2. The van der Waals surface area contributed by atoms with Gasteiger partial charge in [-0.05, 0) is 12.1 Å². The summed E-state index contributed by atoms with van der Waals surface area (Å²) in [6, 6.07) is 6.93. The van der Waals surface area contributed by atoms with Crippen LogP contribution in [0.15, 0.2) is 18.2 Å². The molecule has 0 amide bonds.